The Balaban J connectivity index is 1.73. The molecule has 6 heteroatoms. The van der Waals surface area contributed by atoms with Crippen LogP contribution in [-0.4, -0.2) is 10.9 Å². The summed E-state index contributed by atoms with van der Waals surface area (Å²) < 4.78 is 0. The van der Waals surface area contributed by atoms with Crippen LogP contribution in [0.1, 0.15) is 42.1 Å². The molecule has 1 unspecified atom stereocenters. The van der Waals surface area contributed by atoms with Crippen LogP contribution in [0.25, 0.3) is 11.3 Å². The van der Waals surface area contributed by atoms with Gasteiger partial charge in [0, 0.05) is 16.5 Å². The van der Waals surface area contributed by atoms with Crippen molar-refractivity contribution in [3.05, 3.63) is 69.0 Å². The number of hydrogen-bond acceptors (Lipinski definition) is 3. The standard InChI is InChI=1S/C20H18Cl2N2OS/c1-3-12(2)13-4-6-14(7-5-13)18-11-26-20(23-18)24-19(25)15-8-9-16(21)17(22)10-15/h4-12H,3H2,1-2H3,(H,23,24,25). The van der Waals surface area contributed by atoms with E-state index in [0.717, 1.165) is 17.7 Å². The molecule has 1 atom stereocenters. The minimum atomic E-state index is -0.267. The van der Waals surface area contributed by atoms with Gasteiger partial charge >= 0.3 is 0 Å². The maximum Gasteiger partial charge on any atom is 0.257 e. The first-order valence-corrected chi connectivity index (χ1v) is 9.93. The number of thiazole rings is 1. The highest BCUT2D eigenvalue weighted by molar-refractivity contribution is 7.14. The minimum Gasteiger partial charge on any atom is -0.298 e. The predicted octanol–water partition coefficient (Wildman–Crippen LogP) is 6.88. The van der Waals surface area contributed by atoms with Crippen molar-refractivity contribution in [1.29, 1.82) is 0 Å². The SMILES string of the molecule is CCC(C)c1ccc(-c2csc(NC(=O)c3ccc(Cl)c(Cl)c3)n2)cc1. The molecule has 0 saturated heterocycles. The van der Waals surface area contributed by atoms with Crippen molar-refractivity contribution in [3.63, 3.8) is 0 Å². The maximum absolute atomic E-state index is 12.3. The Kier molecular flexibility index (Phi) is 5.97. The number of rotatable bonds is 5. The van der Waals surface area contributed by atoms with Crippen LogP contribution in [0.5, 0.6) is 0 Å². The fourth-order valence-corrected chi connectivity index (χ4v) is 3.50. The second kappa shape index (κ2) is 8.21. The van der Waals surface area contributed by atoms with Crippen LogP contribution in [-0.2, 0) is 0 Å². The number of nitrogens with one attached hydrogen (secondary N) is 1. The van der Waals surface area contributed by atoms with Gasteiger partial charge in [0.05, 0.1) is 15.7 Å². The fourth-order valence-electron chi connectivity index (χ4n) is 2.49. The van der Waals surface area contributed by atoms with Gasteiger partial charge in [-0.2, -0.15) is 0 Å². The van der Waals surface area contributed by atoms with Crippen molar-refractivity contribution in [2.75, 3.05) is 5.32 Å². The highest BCUT2D eigenvalue weighted by Crippen LogP contribution is 2.28. The van der Waals surface area contributed by atoms with Gasteiger partial charge in [0.2, 0.25) is 0 Å². The van der Waals surface area contributed by atoms with Crippen molar-refractivity contribution in [3.8, 4) is 11.3 Å². The van der Waals surface area contributed by atoms with Gasteiger partial charge in [0.15, 0.2) is 5.13 Å². The normalized spacial score (nSPS) is 12.0. The first-order valence-electron chi connectivity index (χ1n) is 8.30. The van der Waals surface area contributed by atoms with Crippen molar-refractivity contribution >= 4 is 45.6 Å². The Morgan fingerprint density at radius 2 is 1.88 bits per heavy atom. The Labute approximate surface area is 167 Å². The van der Waals surface area contributed by atoms with Gasteiger partial charge in [-0.05, 0) is 36.1 Å². The second-order valence-electron chi connectivity index (χ2n) is 6.05. The first kappa shape index (κ1) is 18.9. The number of nitrogens with zero attached hydrogens (tertiary/aromatic N) is 1. The Hall–Kier alpha value is -1.88. The van der Waals surface area contributed by atoms with E-state index >= 15 is 0 Å². The molecule has 0 aliphatic rings. The third-order valence-electron chi connectivity index (χ3n) is 4.29. The molecular weight excluding hydrogens is 387 g/mol. The number of hydrogen-bond donors (Lipinski definition) is 1. The molecule has 26 heavy (non-hydrogen) atoms. The van der Waals surface area contributed by atoms with E-state index in [0.29, 0.717) is 26.7 Å². The molecule has 2 aromatic carbocycles. The van der Waals surface area contributed by atoms with Crippen LogP contribution >= 0.6 is 34.5 Å². The van der Waals surface area contributed by atoms with Crippen molar-refractivity contribution in [1.82, 2.24) is 4.98 Å². The molecule has 1 aromatic heterocycles. The number of carbonyl (C=O) groups excluding carboxylic acids is 1. The van der Waals surface area contributed by atoms with E-state index in [9.17, 15) is 4.79 Å². The molecule has 0 spiro atoms. The Morgan fingerprint density at radius 3 is 2.54 bits per heavy atom. The van der Waals surface area contributed by atoms with E-state index in [1.807, 2.05) is 5.38 Å². The molecule has 0 bridgehead atoms. The molecule has 0 fully saturated rings. The maximum atomic E-state index is 12.3. The Bertz CT molecular complexity index is 922. The number of amides is 1. The molecular formula is C20H18Cl2N2OS. The lowest BCUT2D eigenvalue weighted by atomic mass is 9.97. The topological polar surface area (TPSA) is 42.0 Å². The quantitative estimate of drug-likeness (QED) is 0.503. The highest BCUT2D eigenvalue weighted by atomic mass is 35.5. The third kappa shape index (κ3) is 4.26. The van der Waals surface area contributed by atoms with E-state index in [4.69, 9.17) is 23.2 Å². The molecule has 0 radical (unpaired) electrons. The lowest BCUT2D eigenvalue weighted by Crippen LogP contribution is -2.11. The summed E-state index contributed by atoms with van der Waals surface area (Å²) in [6.07, 6.45) is 1.11. The molecule has 1 heterocycles. The first-order chi connectivity index (χ1) is 12.5. The van der Waals surface area contributed by atoms with Crippen LogP contribution in [0.3, 0.4) is 0 Å². The Morgan fingerprint density at radius 1 is 1.15 bits per heavy atom. The summed E-state index contributed by atoms with van der Waals surface area (Å²) in [6, 6.07) is 13.2. The molecule has 134 valence electrons. The van der Waals surface area contributed by atoms with Gasteiger partial charge < -0.3 is 0 Å². The zero-order valence-corrected chi connectivity index (χ0v) is 16.8. The van der Waals surface area contributed by atoms with E-state index in [1.165, 1.54) is 16.9 Å². The van der Waals surface area contributed by atoms with E-state index in [2.05, 4.69) is 48.4 Å². The van der Waals surface area contributed by atoms with Gasteiger partial charge in [-0.15, -0.1) is 11.3 Å². The van der Waals surface area contributed by atoms with Gasteiger partial charge in [0.1, 0.15) is 0 Å². The molecule has 3 nitrogen and oxygen atoms in total. The summed E-state index contributed by atoms with van der Waals surface area (Å²) in [5, 5.41) is 6.04. The number of carbonyl (C=O) groups is 1. The van der Waals surface area contributed by atoms with Crippen LogP contribution in [0, 0.1) is 0 Å². The average molecular weight is 405 g/mol. The summed E-state index contributed by atoms with van der Waals surface area (Å²) in [6.45, 7) is 4.40. The molecule has 0 saturated carbocycles. The summed E-state index contributed by atoms with van der Waals surface area (Å²) in [7, 11) is 0. The number of benzene rings is 2. The zero-order chi connectivity index (χ0) is 18.7. The lowest BCUT2D eigenvalue weighted by Gasteiger charge is -2.08. The largest absolute Gasteiger partial charge is 0.298 e. The highest BCUT2D eigenvalue weighted by Gasteiger charge is 2.12. The van der Waals surface area contributed by atoms with Crippen LogP contribution in [0.15, 0.2) is 47.8 Å². The lowest BCUT2D eigenvalue weighted by molar-refractivity contribution is 0.102. The molecule has 0 aliphatic heterocycles. The van der Waals surface area contributed by atoms with Gasteiger partial charge in [-0.1, -0.05) is 61.3 Å². The summed E-state index contributed by atoms with van der Waals surface area (Å²) in [5.41, 5.74) is 3.63. The van der Waals surface area contributed by atoms with Crippen LogP contribution in [0.4, 0.5) is 5.13 Å². The molecule has 3 rings (SSSR count). The minimum absolute atomic E-state index is 0.267. The van der Waals surface area contributed by atoms with E-state index in [1.54, 1.807) is 18.2 Å². The van der Waals surface area contributed by atoms with E-state index in [-0.39, 0.29) is 5.91 Å². The van der Waals surface area contributed by atoms with E-state index < -0.39 is 0 Å². The fraction of sp³-hybridized carbons (Fsp3) is 0.200. The molecule has 1 amide bonds. The average Bonchev–Trinajstić information content (AvgIpc) is 3.11. The van der Waals surface area contributed by atoms with Crippen LogP contribution in [0.2, 0.25) is 10.0 Å². The third-order valence-corrected chi connectivity index (χ3v) is 5.79. The monoisotopic (exact) mass is 404 g/mol. The summed E-state index contributed by atoms with van der Waals surface area (Å²) >= 11 is 13.2. The molecule has 3 aromatic rings. The van der Waals surface area contributed by atoms with Gasteiger partial charge in [-0.25, -0.2) is 4.98 Å². The second-order valence-corrected chi connectivity index (χ2v) is 7.72. The zero-order valence-electron chi connectivity index (χ0n) is 14.4. The van der Waals surface area contributed by atoms with Crippen LogP contribution < -0.4 is 5.32 Å². The van der Waals surface area contributed by atoms with Gasteiger partial charge in [0.25, 0.3) is 5.91 Å². The van der Waals surface area contributed by atoms with Gasteiger partial charge in [-0.3, -0.25) is 10.1 Å². The van der Waals surface area contributed by atoms with Crippen molar-refractivity contribution in [2.24, 2.45) is 0 Å². The van der Waals surface area contributed by atoms with Crippen molar-refractivity contribution < 1.29 is 4.79 Å². The summed E-state index contributed by atoms with van der Waals surface area (Å²) in [4.78, 5) is 16.8. The predicted molar refractivity (Wildman–Crippen MR) is 111 cm³/mol. The molecule has 1 N–H and O–H groups in total. The molecule has 0 aliphatic carbocycles. The van der Waals surface area contributed by atoms with Crippen molar-refractivity contribution in [2.45, 2.75) is 26.2 Å². The smallest absolute Gasteiger partial charge is 0.257 e. The number of aromatic nitrogens is 1. The number of halogens is 2. The summed E-state index contributed by atoms with van der Waals surface area (Å²) in [5.74, 6) is 0.275. The number of anilines is 1.